The number of H-pyrrole nitrogens is 1. The number of ketones is 1. The molecule has 16 heteroatoms. The fraction of sp³-hybridized carbons (Fsp3) is 0.324. The minimum absolute atomic E-state index is 0.0432. The zero-order chi connectivity index (χ0) is 35.5. The second-order valence-electron chi connectivity index (χ2n) is 11.6. The molecule has 0 aliphatic carbocycles. The molecule has 0 amide bonds. The number of aliphatic imine (C=N–C) groups is 1. The number of rotatable bonds is 18. The number of hydrogen-bond donors (Lipinski definition) is 3. The van der Waals surface area contributed by atoms with Gasteiger partial charge in [-0.2, -0.15) is 5.21 Å². The molecule has 0 aliphatic rings. The largest absolute Gasteiger partial charge is 0.465 e. The van der Waals surface area contributed by atoms with E-state index >= 15 is 0 Å². The Morgan fingerprint density at radius 2 is 1.76 bits per heavy atom. The lowest BCUT2D eigenvalue weighted by atomic mass is 9.93. The molecule has 0 bridgehead atoms. The highest BCUT2D eigenvalue weighted by Crippen LogP contribution is 2.31. The van der Waals surface area contributed by atoms with Crippen LogP contribution in [0.1, 0.15) is 53.8 Å². The summed E-state index contributed by atoms with van der Waals surface area (Å²) in [7, 11) is 0. The molecule has 5 aromatic rings. The van der Waals surface area contributed by atoms with E-state index in [1.807, 2.05) is 66.1 Å². The number of nitrogens with two attached hydrogens (primary N) is 2. The lowest BCUT2D eigenvalue weighted by molar-refractivity contribution is -0.757. The number of aromatic nitrogens is 6. The number of guanidine groups is 1. The zero-order valence-electron chi connectivity index (χ0n) is 27.5. The first-order valence-corrected chi connectivity index (χ1v) is 16.1. The number of aryl methyl sites for hydroxylation is 1. The molecule has 0 saturated heterocycles. The molecule has 16 nitrogen and oxygen atoms in total. The second-order valence-corrected chi connectivity index (χ2v) is 11.6. The first-order chi connectivity index (χ1) is 24.2. The molecule has 1 atom stereocenters. The van der Waals surface area contributed by atoms with E-state index in [4.69, 9.17) is 21.2 Å². The molecule has 5 rings (SSSR count). The van der Waals surface area contributed by atoms with E-state index in [0.29, 0.717) is 61.2 Å². The highest BCUT2D eigenvalue weighted by atomic mass is 16.9. The molecule has 2 heterocycles. The lowest BCUT2D eigenvalue weighted by Gasteiger charge is -2.16. The Kier molecular flexibility index (Phi) is 11.8. The van der Waals surface area contributed by atoms with Crippen molar-refractivity contribution >= 4 is 28.7 Å². The fourth-order valence-electron chi connectivity index (χ4n) is 5.71. The Bertz CT molecular complexity index is 1950. The standard InChI is InChI=1S/C34H38N10O6/c1-22-38-29-12-6-11-28(30(45)20-25(8-7-17-37-34(35)36)33(46)49-18-4-5-19-50-44(47)48)31(29)43(22)21-23-13-15-24(16-14-23)26-9-2-3-10-27(26)32-39-41-42-40-32/h2-3,6,9-16,25H,4-5,7-8,17-21H2,1H3,(H4,35,36,37)(H,39,40,41,42). The van der Waals surface area contributed by atoms with Crippen LogP contribution in [0.2, 0.25) is 0 Å². The van der Waals surface area contributed by atoms with Crippen LogP contribution in [0.25, 0.3) is 33.5 Å². The van der Waals surface area contributed by atoms with Crippen molar-refractivity contribution in [3.05, 3.63) is 93.8 Å². The number of para-hydroxylation sites is 1. The van der Waals surface area contributed by atoms with Crippen molar-refractivity contribution in [2.75, 3.05) is 19.8 Å². The molecule has 0 aliphatic heterocycles. The molecule has 2 aromatic heterocycles. The Labute approximate surface area is 287 Å². The number of fused-ring (bicyclic) bond motifs is 1. The van der Waals surface area contributed by atoms with E-state index in [9.17, 15) is 19.7 Å². The van der Waals surface area contributed by atoms with Crippen LogP contribution in [0.3, 0.4) is 0 Å². The van der Waals surface area contributed by atoms with Gasteiger partial charge in [0.1, 0.15) is 5.82 Å². The van der Waals surface area contributed by atoms with E-state index in [2.05, 4.69) is 30.5 Å². The maximum atomic E-state index is 13.9. The Balaban J connectivity index is 1.33. The Morgan fingerprint density at radius 1 is 1.00 bits per heavy atom. The van der Waals surface area contributed by atoms with Gasteiger partial charge in [-0.05, 0) is 66.6 Å². The summed E-state index contributed by atoms with van der Waals surface area (Å²) in [5.41, 5.74) is 16.5. The number of benzene rings is 3. The van der Waals surface area contributed by atoms with Gasteiger partial charge in [0.2, 0.25) is 5.82 Å². The summed E-state index contributed by atoms with van der Waals surface area (Å²) < 4.78 is 7.46. The van der Waals surface area contributed by atoms with Crippen LogP contribution < -0.4 is 11.5 Å². The lowest BCUT2D eigenvalue weighted by Crippen LogP contribution is -2.24. The molecule has 50 heavy (non-hydrogen) atoms. The number of imidazole rings is 1. The summed E-state index contributed by atoms with van der Waals surface area (Å²) in [5.74, 6) is -0.324. The van der Waals surface area contributed by atoms with Gasteiger partial charge in [-0.3, -0.25) is 14.6 Å². The zero-order valence-corrected chi connectivity index (χ0v) is 27.5. The maximum Gasteiger partial charge on any atom is 0.309 e. The molecule has 0 saturated carbocycles. The van der Waals surface area contributed by atoms with Crippen molar-refractivity contribution in [1.29, 1.82) is 0 Å². The van der Waals surface area contributed by atoms with Crippen LogP contribution >= 0.6 is 0 Å². The maximum absolute atomic E-state index is 13.9. The number of carbonyl (C=O) groups is 2. The number of aromatic amines is 1. The molecule has 260 valence electrons. The number of nitrogens with one attached hydrogen (secondary N) is 1. The van der Waals surface area contributed by atoms with Gasteiger partial charge in [0.05, 0.1) is 30.2 Å². The van der Waals surface area contributed by atoms with E-state index in [0.717, 1.165) is 28.1 Å². The van der Waals surface area contributed by atoms with Gasteiger partial charge in [0, 0.05) is 30.6 Å². The molecular formula is C34H38N10O6. The van der Waals surface area contributed by atoms with Crippen LogP contribution in [-0.4, -0.2) is 72.7 Å². The van der Waals surface area contributed by atoms with Crippen molar-refractivity contribution < 1.29 is 24.3 Å². The van der Waals surface area contributed by atoms with Gasteiger partial charge in [-0.25, -0.2) is 4.98 Å². The first kappa shape index (κ1) is 35.1. The van der Waals surface area contributed by atoms with E-state index in [1.54, 1.807) is 12.1 Å². The van der Waals surface area contributed by atoms with Crippen molar-refractivity contribution in [1.82, 2.24) is 30.2 Å². The van der Waals surface area contributed by atoms with Gasteiger partial charge in [0.15, 0.2) is 11.7 Å². The van der Waals surface area contributed by atoms with E-state index in [-0.39, 0.29) is 31.4 Å². The molecular weight excluding hydrogens is 644 g/mol. The molecule has 1 unspecified atom stereocenters. The quantitative estimate of drug-likeness (QED) is 0.0226. The predicted octanol–water partition coefficient (Wildman–Crippen LogP) is 4.01. The van der Waals surface area contributed by atoms with Crippen LogP contribution in [0.15, 0.2) is 71.7 Å². The first-order valence-electron chi connectivity index (χ1n) is 16.1. The highest BCUT2D eigenvalue weighted by Gasteiger charge is 2.26. The van der Waals surface area contributed by atoms with Gasteiger partial charge in [0.25, 0.3) is 5.09 Å². The number of nitrogens with zero attached hydrogens (tertiary/aromatic N) is 7. The van der Waals surface area contributed by atoms with Crippen molar-refractivity contribution in [3.8, 4) is 22.5 Å². The monoisotopic (exact) mass is 682 g/mol. The number of ether oxygens (including phenoxy) is 1. The van der Waals surface area contributed by atoms with Crippen molar-refractivity contribution in [2.24, 2.45) is 22.4 Å². The van der Waals surface area contributed by atoms with Gasteiger partial charge in [-0.15, -0.1) is 20.3 Å². The third-order valence-corrected chi connectivity index (χ3v) is 8.13. The van der Waals surface area contributed by atoms with Crippen molar-refractivity contribution in [3.63, 3.8) is 0 Å². The summed E-state index contributed by atoms with van der Waals surface area (Å²) in [6.07, 6.45) is 1.39. The SMILES string of the molecule is Cc1nc2cccc(C(=O)CC(CCCN=C(N)N)C(=O)OCCCCO[N+](=O)[O-])c2n1Cc1ccc(-c2ccccc2-c2nn[nH]n2)cc1. The number of hydrogen-bond acceptors (Lipinski definition) is 11. The smallest absolute Gasteiger partial charge is 0.309 e. The molecule has 0 fully saturated rings. The fourth-order valence-corrected chi connectivity index (χ4v) is 5.71. The summed E-state index contributed by atoms with van der Waals surface area (Å²) >= 11 is 0. The highest BCUT2D eigenvalue weighted by molar-refractivity contribution is 6.07. The number of unbranched alkanes of at least 4 members (excludes halogenated alkanes) is 1. The van der Waals surface area contributed by atoms with Gasteiger partial charge in [-0.1, -0.05) is 54.6 Å². The minimum atomic E-state index is -0.866. The average Bonchev–Trinajstić information content (AvgIpc) is 3.75. The van der Waals surface area contributed by atoms with Crippen molar-refractivity contribution in [2.45, 2.75) is 45.6 Å². The molecule has 0 radical (unpaired) electrons. The molecule has 3 aromatic carbocycles. The second kappa shape index (κ2) is 16.8. The van der Waals surface area contributed by atoms with Crippen LogP contribution in [0, 0.1) is 23.0 Å². The number of tetrazole rings is 1. The normalized spacial score (nSPS) is 11.6. The topological polar surface area (TPSA) is 232 Å². The Morgan fingerprint density at radius 3 is 2.48 bits per heavy atom. The third kappa shape index (κ3) is 9.03. The van der Waals surface area contributed by atoms with Gasteiger partial charge >= 0.3 is 5.97 Å². The number of carbonyl (C=O) groups excluding carboxylic acids is 2. The van der Waals surface area contributed by atoms with E-state index < -0.39 is 17.0 Å². The molecule has 0 spiro atoms. The summed E-state index contributed by atoms with van der Waals surface area (Å²) in [6, 6.07) is 21.3. The summed E-state index contributed by atoms with van der Waals surface area (Å²) in [6.45, 7) is 2.60. The third-order valence-electron chi connectivity index (χ3n) is 8.13. The number of Topliss-reactive ketones (excluding diaryl/α,β-unsaturated/α-hetero) is 1. The predicted molar refractivity (Wildman–Crippen MR) is 184 cm³/mol. The summed E-state index contributed by atoms with van der Waals surface area (Å²) in [4.78, 5) is 50.4. The van der Waals surface area contributed by atoms with Crippen LogP contribution in [-0.2, 0) is 20.9 Å². The van der Waals surface area contributed by atoms with Gasteiger partial charge < -0.3 is 25.6 Å². The average molecular weight is 683 g/mol. The van der Waals surface area contributed by atoms with Crippen LogP contribution in [0.5, 0.6) is 0 Å². The minimum Gasteiger partial charge on any atom is -0.465 e. The van der Waals surface area contributed by atoms with Crippen LogP contribution in [0.4, 0.5) is 0 Å². The summed E-state index contributed by atoms with van der Waals surface area (Å²) in [5, 5.41) is 23.9. The van der Waals surface area contributed by atoms with E-state index in [1.165, 1.54) is 0 Å². The Hall–Kier alpha value is -6.19. The number of esters is 1. The molecule has 5 N–H and O–H groups in total.